The van der Waals surface area contributed by atoms with Crippen molar-refractivity contribution in [3.8, 4) is 0 Å². The molecule has 2 fully saturated rings. The molecule has 4 nitrogen and oxygen atoms in total. The predicted octanol–water partition coefficient (Wildman–Crippen LogP) is 2.73. The molecule has 4 rings (SSSR count). The summed E-state index contributed by atoms with van der Waals surface area (Å²) in [6.45, 7) is 1.15. The molecular formula is C14H18N4. The van der Waals surface area contributed by atoms with E-state index in [0.717, 1.165) is 23.9 Å². The quantitative estimate of drug-likeness (QED) is 0.880. The van der Waals surface area contributed by atoms with Crippen molar-refractivity contribution in [2.45, 2.75) is 38.1 Å². The van der Waals surface area contributed by atoms with Gasteiger partial charge in [0.25, 0.3) is 0 Å². The summed E-state index contributed by atoms with van der Waals surface area (Å²) >= 11 is 0. The van der Waals surface area contributed by atoms with Crippen LogP contribution in [0.2, 0.25) is 0 Å². The molecule has 1 atom stereocenters. The lowest BCUT2D eigenvalue weighted by Gasteiger charge is -2.37. The third kappa shape index (κ3) is 1.44. The highest BCUT2D eigenvalue weighted by Gasteiger charge is 2.36. The van der Waals surface area contributed by atoms with Crippen LogP contribution in [-0.4, -0.2) is 27.5 Å². The molecular weight excluding hydrogens is 224 g/mol. The lowest BCUT2D eigenvalue weighted by molar-refractivity contribution is 0.261. The molecule has 1 N–H and O–H groups in total. The normalized spacial score (nSPS) is 24.7. The lowest BCUT2D eigenvalue weighted by Crippen LogP contribution is -2.39. The Morgan fingerprint density at radius 3 is 2.94 bits per heavy atom. The van der Waals surface area contributed by atoms with Gasteiger partial charge in [0, 0.05) is 18.8 Å². The van der Waals surface area contributed by atoms with Crippen LogP contribution in [0.4, 0.5) is 5.82 Å². The summed E-state index contributed by atoms with van der Waals surface area (Å²) in [4.78, 5) is 14.5. The van der Waals surface area contributed by atoms with E-state index >= 15 is 0 Å². The molecule has 18 heavy (non-hydrogen) atoms. The van der Waals surface area contributed by atoms with Gasteiger partial charge in [-0.05, 0) is 37.7 Å². The molecule has 0 unspecified atom stereocenters. The van der Waals surface area contributed by atoms with Gasteiger partial charge in [-0.25, -0.2) is 9.97 Å². The highest BCUT2D eigenvalue weighted by molar-refractivity contribution is 5.87. The highest BCUT2D eigenvalue weighted by atomic mass is 15.2. The first-order valence-electron chi connectivity index (χ1n) is 6.98. The van der Waals surface area contributed by atoms with Crippen molar-refractivity contribution in [3.05, 3.63) is 18.6 Å². The SMILES string of the molecule is c1nc(N2CCC[C@@H]2C2CCC2)c2cc[nH]c2n1. The van der Waals surface area contributed by atoms with Crippen LogP contribution >= 0.6 is 0 Å². The smallest absolute Gasteiger partial charge is 0.142 e. The maximum absolute atomic E-state index is 4.55. The summed E-state index contributed by atoms with van der Waals surface area (Å²) in [6, 6.07) is 2.81. The van der Waals surface area contributed by atoms with Crippen molar-refractivity contribution < 1.29 is 0 Å². The summed E-state index contributed by atoms with van der Waals surface area (Å²) in [6.07, 6.45) is 10.5. The molecule has 1 saturated heterocycles. The van der Waals surface area contributed by atoms with E-state index in [1.807, 2.05) is 6.20 Å². The molecule has 94 valence electrons. The van der Waals surface area contributed by atoms with E-state index in [0.29, 0.717) is 6.04 Å². The van der Waals surface area contributed by atoms with E-state index in [9.17, 15) is 0 Å². The minimum absolute atomic E-state index is 0.715. The van der Waals surface area contributed by atoms with Gasteiger partial charge in [-0.15, -0.1) is 0 Å². The fraction of sp³-hybridized carbons (Fsp3) is 0.571. The Balaban J connectivity index is 1.74. The van der Waals surface area contributed by atoms with Gasteiger partial charge in [0.15, 0.2) is 0 Å². The van der Waals surface area contributed by atoms with Crippen LogP contribution in [0.15, 0.2) is 18.6 Å². The molecule has 0 amide bonds. The second-order valence-corrected chi connectivity index (χ2v) is 5.53. The summed E-state index contributed by atoms with van der Waals surface area (Å²) in [5, 5.41) is 1.17. The zero-order valence-electron chi connectivity index (χ0n) is 10.5. The molecule has 2 aliphatic rings. The first-order valence-corrected chi connectivity index (χ1v) is 6.98. The third-order valence-corrected chi connectivity index (χ3v) is 4.60. The van der Waals surface area contributed by atoms with Gasteiger partial charge in [-0.3, -0.25) is 0 Å². The van der Waals surface area contributed by atoms with Crippen molar-refractivity contribution in [1.29, 1.82) is 0 Å². The monoisotopic (exact) mass is 242 g/mol. The van der Waals surface area contributed by atoms with Crippen molar-refractivity contribution in [3.63, 3.8) is 0 Å². The zero-order valence-corrected chi connectivity index (χ0v) is 10.5. The molecule has 4 heteroatoms. The van der Waals surface area contributed by atoms with Gasteiger partial charge in [0.2, 0.25) is 0 Å². The van der Waals surface area contributed by atoms with Crippen molar-refractivity contribution >= 4 is 16.9 Å². The van der Waals surface area contributed by atoms with Crippen LogP contribution in [0.3, 0.4) is 0 Å². The number of aromatic amines is 1. The number of anilines is 1. The molecule has 3 heterocycles. The first-order chi connectivity index (χ1) is 8.93. The van der Waals surface area contributed by atoms with E-state index in [2.05, 4.69) is 25.9 Å². The van der Waals surface area contributed by atoms with Crippen molar-refractivity contribution in [1.82, 2.24) is 15.0 Å². The average molecular weight is 242 g/mol. The predicted molar refractivity (Wildman–Crippen MR) is 71.6 cm³/mol. The number of nitrogens with zero attached hydrogens (tertiary/aromatic N) is 3. The third-order valence-electron chi connectivity index (χ3n) is 4.60. The Hall–Kier alpha value is -1.58. The average Bonchev–Trinajstić information content (AvgIpc) is 2.93. The number of hydrogen-bond acceptors (Lipinski definition) is 3. The van der Waals surface area contributed by atoms with Gasteiger partial charge in [-0.1, -0.05) is 6.42 Å². The minimum Gasteiger partial charge on any atom is -0.353 e. The number of rotatable bonds is 2. The largest absolute Gasteiger partial charge is 0.353 e. The second kappa shape index (κ2) is 3.97. The van der Waals surface area contributed by atoms with Crippen LogP contribution < -0.4 is 4.90 Å². The Labute approximate surface area is 106 Å². The fourth-order valence-corrected chi connectivity index (χ4v) is 3.46. The number of aromatic nitrogens is 3. The molecule has 0 spiro atoms. The van der Waals surface area contributed by atoms with Gasteiger partial charge < -0.3 is 9.88 Å². The molecule has 1 saturated carbocycles. The molecule has 1 aliphatic heterocycles. The topological polar surface area (TPSA) is 44.8 Å². The number of H-pyrrole nitrogens is 1. The molecule has 0 aromatic carbocycles. The second-order valence-electron chi connectivity index (χ2n) is 5.53. The minimum atomic E-state index is 0.715. The van der Waals surface area contributed by atoms with Crippen LogP contribution in [0.1, 0.15) is 32.1 Å². The highest BCUT2D eigenvalue weighted by Crippen LogP contribution is 2.39. The number of hydrogen-bond donors (Lipinski definition) is 1. The van der Waals surface area contributed by atoms with E-state index in [1.165, 1.54) is 37.5 Å². The lowest BCUT2D eigenvalue weighted by atomic mass is 9.79. The zero-order chi connectivity index (χ0) is 11.9. The molecule has 2 aromatic heterocycles. The summed E-state index contributed by atoms with van der Waals surface area (Å²) in [5.74, 6) is 2.03. The van der Waals surface area contributed by atoms with Crippen LogP contribution in [0.5, 0.6) is 0 Å². The van der Waals surface area contributed by atoms with Gasteiger partial charge in [0.1, 0.15) is 17.8 Å². The number of fused-ring (bicyclic) bond motifs is 1. The van der Waals surface area contributed by atoms with Crippen molar-refractivity contribution in [2.75, 3.05) is 11.4 Å². The van der Waals surface area contributed by atoms with Gasteiger partial charge >= 0.3 is 0 Å². The maximum Gasteiger partial charge on any atom is 0.142 e. The summed E-state index contributed by atoms with van der Waals surface area (Å²) < 4.78 is 0. The Morgan fingerprint density at radius 2 is 2.11 bits per heavy atom. The van der Waals surface area contributed by atoms with Crippen LogP contribution in [0, 0.1) is 5.92 Å². The Morgan fingerprint density at radius 1 is 1.17 bits per heavy atom. The fourth-order valence-electron chi connectivity index (χ4n) is 3.46. The Bertz CT molecular complexity index is 558. The number of nitrogens with one attached hydrogen (secondary N) is 1. The maximum atomic E-state index is 4.55. The van der Waals surface area contributed by atoms with Gasteiger partial charge in [-0.2, -0.15) is 0 Å². The van der Waals surface area contributed by atoms with Crippen LogP contribution in [-0.2, 0) is 0 Å². The molecule has 0 radical (unpaired) electrons. The molecule has 2 aromatic rings. The van der Waals surface area contributed by atoms with E-state index in [1.54, 1.807) is 6.33 Å². The summed E-state index contributed by atoms with van der Waals surface area (Å²) in [7, 11) is 0. The van der Waals surface area contributed by atoms with Crippen LogP contribution in [0.25, 0.3) is 11.0 Å². The Kier molecular flexibility index (Phi) is 2.28. The van der Waals surface area contributed by atoms with E-state index in [-0.39, 0.29) is 0 Å². The standard InChI is InChI=1S/C14H18N4/c1-3-10(4-1)12-5-2-8-18(12)14-11-6-7-15-13(11)16-9-17-14/h6-7,9-10,12H,1-5,8H2,(H,15,16,17)/t12-/m1/s1. The first kappa shape index (κ1) is 10.4. The van der Waals surface area contributed by atoms with E-state index < -0.39 is 0 Å². The van der Waals surface area contributed by atoms with Gasteiger partial charge in [0.05, 0.1) is 5.39 Å². The molecule has 1 aliphatic carbocycles. The van der Waals surface area contributed by atoms with E-state index in [4.69, 9.17) is 0 Å². The summed E-state index contributed by atoms with van der Waals surface area (Å²) in [5.41, 5.74) is 0.958. The van der Waals surface area contributed by atoms with Crippen molar-refractivity contribution in [2.24, 2.45) is 5.92 Å². The molecule has 0 bridgehead atoms.